The minimum atomic E-state index is 0.619. The Bertz CT molecular complexity index is 291. The zero-order chi connectivity index (χ0) is 8.10. The van der Waals surface area contributed by atoms with E-state index in [1.165, 1.54) is 5.56 Å². The van der Waals surface area contributed by atoms with Gasteiger partial charge in [0.2, 0.25) is 0 Å². The minimum absolute atomic E-state index is 0.619. The molecular weight excluding hydrogens is 152 g/mol. The van der Waals surface area contributed by atoms with Crippen LogP contribution in [0.25, 0.3) is 0 Å². The normalized spacial score (nSPS) is 8.55. The lowest BCUT2D eigenvalue weighted by Gasteiger charge is -1.91. The minimum Gasteiger partial charge on any atom is -0.166 e. The summed E-state index contributed by atoms with van der Waals surface area (Å²) in [6, 6.07) is 8.14. The molecule has 0 atom stereocenters. The second-order valence-corrected chi connectivity index (χ2v) is 2.65. The summed E-state index contributed by atoms with van der Waals surface area (Å²) in [6.07, 6.45) is 0. The van der Waals surface area contributed by atoms with Gasteiger partial charge >= 0.3 is 0 Å². The smallest absolute Gasteiger partial charge is 0.0521 e. The van der Waals surface area contributed by atoms with Crippen molar-refractivity contribution in [3.8, 4) is 11.8 Å². The van der Waals surface area contributed by atoms with Crippen molar-refractivity contribution in [3.05, 3.63) is 35.4 Å². The average molecular weight is 162 g/mol. The van der Waals surface area contributed by atoms with E-state index in [9.17, 15) is 0 Å². The number of benzene rings is 1. The van der Waals surface area contributed by atoms with Gasteiger partial charge in [-0.15, -0.1) is 0 Å². The van der Waals surface area contributed by atoms with Crippen LogP contribution in [-0.4, -0.2) is 5.75 Å². The second kappa shape index (κ2) is 4.10. The predicted octanol–water partition coefficient (Wildman–Crippen LogP) is 2.28. The first-order valence-electron chi connectivity index (χ1n) is 3.49. The first kappa shape index (κ1) is 8.23. The largest absolute Gasteiger partial charge is 0.166 e. The Morgan fingerprint density at radius 2 is 2.27 bits per heavy atom. The maximum atomic E-state index is 4.00. The summed E-state index contributed by atoms with van der Waals surface area (Å²) in [5, 5.41) is 0. The highest BCUT2D eigenvalue weighted by molar-refractivity contribution is 7.80. The standard InChI is InChI=1S/C10H10S/c1-9-4-2-5-10(8-9)6-3-7-11/h2,4-5,8,11H,7H2,1H3. The SMILES string of the molecule is Cc1cccc(C#CCS)c1. The highest BCUT2D eigenvalue weighted by atomic mass is 32.1. The lowest BCUT2D eigenvalue weighted by Crippen LogP contribution is -1.75. The van der Waals surface area contributed by atoms with Crippen LogP contribution in [0.4, 0.5) is 0 Å². The van der Waals surface area contributed by atoms with Crippen molar-refractivity contribution < 1.29 is 0 Å². The monoisotopic (exact) mass is 162 g/mol. The van der Waals surface area contributed by atoms with E-state index in [1.807, 2.05) is 12.1 Å². The summed E-state index contributed by atoms with van der Waals surface area (Å²) in [7, 11) is 0. The Labute approximate surface area is 73.0 Å². The molecule has 1 aromatic carbocycles. The lowest BCUT2D eigenvalue weighted by atomic mass is 10.1. The van der Waals surface area contributed by atoms with Crippen molar-refractivity contribution in [3.63, 3.8) is 0 Å². The third-order valence-electron chi connectivity index (χ3n) is 1.33. The molecular formula is C10H10S. The van der Waals surface area contributed by atoms with Gasteiger partial charge < -0.3 is 0 Å². The summed E-state index contributed by atoms with van der Waals surface area (Å²) in [5.74, 6) is 6.53. The molecule has 0 unspecified atom stereocenters. The van der Waals surface area contributed by atoms with E-state index in [0.717, 1.165) is 5.56 Å². The van der Waals surface area contributed by atoms with Gasteiger partial charge in [-0.1, -0.05) is 24.0 Å². The summed E-state index contributed by atoms with van der Waals surface area (Å²) < 4.78 is 0. The zero-order valence-corrected chi connectivity index (χ0v) is 7.36. The maximum absolute atomic E-state index is 4.00. The quantitative estimate of drug-likeness (QED) is 0.439. The Balaban J connectivity index is 2.87. The third-order valence-corrected chi connectivity index (χ3v) is 1.49. The van der Waals surface area contributed by atoms with Crippen LogP contribution in [0.2, 0.25) is 0 Å². The van der Waals surface area contributed by atoms with Crippen molar-refractivity contribution in [2.45, 2.75) is 6.92 Å². The fraction of sp³-hybridized carbons (Fsp3) is 0.200. The molecule has 0 aliphatic carbocycles. The van der Waals surface area contributed by atoms with E-state index >= 15 is 0 Å². The molecule has 11 heavy (non-hydrogen) atoms. The van der Waals surface area contributed by atoms with Gasteiger partial charge in [0.15, 0.2) is 0 Å². The highest BCUT2D eigenvalue weighted by Crippen LogP contribution is 2.01. The molecule has 0 saturated heterocycles. The fourth-order valence-corrected chi connectivity index (χ4v) is 0.943. The number of hydrogen-bond donors (Lipinski definition) is 1. The van der Waals surface area contributed by atoms with Crippen LogP contribution >= 0.6 is 12.6 Å². The van der Waals surface area contributed by atoms with Crippen molar-refractivity contribution in [1.29, 1.82) is 0 Å². The molecule has 1 heteroatoms. The Hall–Kier alpha value is -0.870. The van der Waals surface area contributed by atoms with Crippen molar-refractivity contribution >= 4 is 12.6 Å². The van der Waals surface area contributed by atoms with E-state index in [2.05, 4.69) is 43.5 Å². The number of rotatable bonds is 0. The Morgan fingerprint density at radius 3 is 2.91 bits per heavy atom. The molecule has 0 N–H and O–H groups in total. The highest BCUT2D eigenvalue weighted by Gasteiger charge is 1.84. The van der Waals surface area contributed by atoms with Crippen molar-refractivity contribution in [2.75, 3.05) is 5.75 Å². The molecule has 0 aromatic heterocycles. The van der Waals surface area contributed by atoms with E-state index in [-0.39, 0.29) is 0 Å². The van der Waals surface area contributed by atoms with E-state index in [1.54, 1.807) is 0 Å². The molecule has 1 rings (SSSR count). The average Bonchev–Trinajstić information content (AvgIpc) is 2.01. The first-order chi connectivity index (χ1) is 5.33. The summed E-state index contributed by atoms with van der Waals surface area (Å²) >= 11 is 4.00. The van der Waals surface area contributed by atoms with E-state index in [0.29, 0.717) is 5.75 Å². The third kappa shape index (κ3) is 2.69. The molecule has 0 fully saturated rings. The van der Waals surface area contributed by atoms with Gasteiger partial charge in [-0.3, -0.25) is 0 Å². The van der Waals surface area contributed by atoms with Gasteiger partial charge in [-0.2, -0.15) is 12.6 Å². The van der Waals surface area contributed by atoms with E-state index in [4.69, 9.17) is 0 Å². The molecule has 0 bridgehead atoms. The predicted molar refractivity (Wildman–Crippen MR) is 51.9 cm³/mol. The molecule has 0 heterocycles. The van der Waals surface area contributed by atoms with Crippen molar-refractivity contribution in [2.24, 2.45) is 0 Å². The molecule has 0 aliphatic heterocycles. The van der Waals surface area contributed by atoms with Crippen LogP contribution in [0.5, 0.6) is 0 Å². The van der Waals surface area contributed by atoms with Crippen molar-refractivity contribution in [1.82, 2.24) is 0 Å². The number of thiol groups is 1. The van der Waals surface area contributed by atoms with Gasteiger partial charge in [0.25, 0.3) is 0 Å². The van der Waals surface area contributed by atoms with Crippen LogP contribution in [0, 0.1) is 18.8 Å². The van der Waals surface area contributed by atoms with Gasteiger partial charge in [0, 0.05) is 5.56 Å². The number of hydrogen-bond acceptors (Lipinski definition) is 1. The lowest BCUT2D eigenvalue weighted by molar-refractivity contribution is 1.45. The molecule has 0 saturated carbocycles. The Kier molecular flexibility index (Phi) is 3.07. The Morgan fingerprint density at radius 1 is 1.45 bits per heavy atom. The first-order valence-corrected chi connectivity index (χ1v) is 4.12. The summed E-state index contributed by atoms with van der Waals surface area (Å²) in [5.41, 5.74) is 2.31. The van der Waals surface area contributed by atoms with Crippen LogP contribution in [-0.2, 0) is 0 Å². The molecule has 56 valence electrons. The van der Waals surface area contributed by atoms with E-state index < -0.39 is 0 Å². The molecule has 0 amide bonds. The van der Waals surface area contributed by atoms with Gasteiger partial charge in [-0.25, -0.2) is 0 Å². The van der Waals surface area contributed by atoms with Crippen LogP contribution in [0.15, 0.2) is 24.3 Å². The van der Waals surface area contributed by atoms with Gasteiger partial charge in [0.1, 0.15) is 0 Å². The maximum Gasteiger partial charge on any atom is 0.0521 e. The topological polar surface area (TPSA) is 0 Å². The molecule has 0 nitrogen and oxygen atoms in total. The fourth-order valence-electron chi connectivity index (χ4n) is 0.864. The molecule has 0 spiro atoms. The van der Waals surface area contributed by atoms with Gasteiger partial charge in [0.05, 0.1) is 5.75 Å². The van der Waals surface area contributed by atoms with Crippen LogP contribution in [0.1, 0.15) is 11.1 Å². The summed E-state index contributed by atoms with van der Waals surface area (Å²) in [6.45, 7) is 2.06. The summed E-state index contributed by atoms with van der Waals surface area (Å²) in [4.78, 5) is 0. The van der Waals surface area contributed by atoms with Gasteiger partial charge in [-0.05, 0) is 24.6 Å². The van der Waals surface area contributed by atoms with Crippen LogP contribution in [0.3, 0.4) is 0 Å². The van der Waals surface area contributed by atoms with Crippen LogP contribution < -0.4 is 0 Å². The molecule has 0 radical (unpaired) electrons. The zero-order valence-electron chi connectivity index (χ0n) is 6.46. The second-order valence-electron chi connectivity index (χ2n) is 2.33. The molecule has 1 aromatic rings. The molecule has 0 aliphatic rings. The number of aryl methyl sites for hydroxylation is 1.